The minimum absolute atomic E-state index is 0.0810. The number of carbonyl (C=O) groups is 1. The van der Waals surface area contributed by atoms with Gasteiger partial charge in [0, 0.05) is 22.0 Å². The summed E-state index contributed by atoms with van der Waals surface area (Å²) in [5.74, 6) is 5.31. The SMILES string of the molecule is O=C(CCC#Cc1ccccc1)OOCc1ccccc1NS(=O)(=O)c1ccc(Br)cc1. The molecule has 0 fully saturated rings. The lowest BCUT2D eigenvalue weighted by Gasteiger charge is -2.12. The van der Waals surface area contributed by atoms with E-state index in [4.69, 9.17) is 9.78 Å². The maximum absolute atomic E-state index is 12.6. The molecule has 0 aliphatic rings. The van der Waals surface area contributed by atoms with Crippen LogP contribution in [-0.2, 0) is 31.2 Å². The summed E-state index contributed by atoms with van der Waals surface area (Å²) >= 11 is 3.28. The molecule has 32 heavy (non-hydrogen) atoms. The van der Waals surface area contributed by atoms with E-state index < -0.39 is 16.0 Å². The van der Waals surface area contributed by atoms with Gasteiger partial charge in [-0.2, -0.15) is 4.89 Å². The number of sulfonamides is 1. The van der Waals surface area contributed by atoms with Gasteiger partial charge >= 0.3 is 5.97 Å². The lowest BCUT2D eigenvalue weighted by molar-refractivity contribution is -0.279. The van der Waals surface area contributed by atoms with Crippen LogP contribution >= 0.6 is 15.9 Å². The summed E-state index contributed by atoms with van der Waals surface area (Å²) in [6, 6.07) is 22.5. The van der Waals surface area contributed by atoms with Crippen LogP contribution in [-0.4, -0.2) is 14.4 Å². The summed E-state index contributed by atoms with van der Waals surface area (Å²) < 4.78 is 28.6. The molecule has 8 heteroatoms. The average molecular weight is 514 g/mol. The highest BCUT2D eigenvalue weighted by Gasteiger charge is 2.16. The molecule has 0 spiro atoms. The molecule has 3 rings (SSSR count). The Kier molecular flexibility index (Phi) is 8.45. The van der Waals surface area contributed by atoms with Gasteiger partial charge in [0.2, 0.25) is 0 Å². The van der Waals surface area contributed by atoms with Crippen LogP contribution in [0, 0.1) is 11.8 Å². The zero-order valence-corrected chi connectivity index (χ0v) is 19.4. The van der Waals surface area contributed by atoms with Gasteiger partial charge in [-0.1, -0.05) is 64.2 Å². The van der Waals surface area contributed by atoms with Crippen LogP contribution in [0.25, 0.3) is 0 Å². The predicted octanol–water partition coefficient (Wildman–Crippen LogP) is 5.06. The lowest BCUT2D eigenvalue weighted by Crippen LogP contribution is -2.14. The molecule has 0 aromatic heterocycles. The molecule has 164 valence electrons. The van der Waals surface area contributed by atoms with Crippen LogP contribution in [0.15, 0.2) is 88.2 Å². The second-order valence-electron chi connectivity index (χ2n) is 6.60. The van der Waals surface area contributed by atoms with Crippen LogP contribution in [0.1, 0.15) is 24.0 Å². The number of benzene rings is 3. The fraction of sp³-hybridized carbons (Fsp3) is 0.125. The molecule has 3 aromatic carbocycles. The van der Waals surface area contributed by atoms with Gasteiger partial charge < -0.3 is 0 Å². The van der Waals surface area contributed by atoms with Gasteiger partial charge in [0.1, 0.15) is 6.61 Å². The molecule has 6 nitrogen and oxygen atoms in total. The zero-order chi connectivity index (χ0) is 22.8. The fourth-order valence-corrected chi connectivity index (χ4v) is 3.98. The van der Waals surface area contributed by atoms with Crippen molar-refractivity contribution in [2.24, 2.45) is 0 Å². The number of para-hydroxylation sites is 1. The van der Waals surface area contributed by atoms with Crippen molar-refractivity contribution in [1.29, 1.82) is 0 Å². The highest BCUT2D eigenvalue weighted by Crippen LogP contribution is 2.22. The van der Waals surface area contributed by atoms with Crippen molar-refractivity contribution in [3.05, 3.63) is 94.5 Å². The Morgan fingerprint density at radius 1 is 0.938 bits per heavy atom. The van der Waals surface area contributed by atoms with Crippen LogP contribution < -0.4 is 4.72 Å². The smallest absolute Gasteiger partial charge is 0.298 e. The molecule has 0 amide bonds. The van der Waals surface area contributed by atoms with Crippen molar-refractivity contribution in [1.82, 2.24) is 0 Å². The molecule has 0 bridgehead atoms. The van der Waals surface area contributed by atoms with E-state index in [1.807, 2.05) is 30.3 Å². The van der Waals surface area contributed by atoms with Crippen molar-refractivity contribution in [3.63, 3.8) is 0 Å². The van der Waals surface area contributed by atoms with Crippen molar-refractivity contribution in [2.45, 2.75) is 24.3 Å². The van der Waals surface area contributed by atoms with Crippen molar-refractivity contribution >= 4 is 37.6 Å². The number of carbonyl (C=O) groups excluding carboxylic acids is 1. The first-order chi connectivity index (χ1) is 15.4. The quantitative estimate of drug-likeness (QED) is 0.258. The first-order valence-electron chi connectivity index (χ1n) is 9.66. The third kappa shape index (κ3) is 7.24. The first kappa shape index (κ1) is 23.5. The average Bonchev–Trinajstić information content (AvgIpc) is 2.79. The summed E-state index contributed by atoms with van der Waals surface area (Å²) in [7, 11) is -3.78. The minimum Gasteiger partial charge on any atom is -0.298 e. The van der Waals surface area contributed by atoms with E-state index in [0.29, 0.717) is 17.7 Å². The molecule has 0 saturated carbocycles. The Morgan fingerprint density at radius 2 is 1.62 bits per heavy atom. The zero-order valence-electron chi connectivity index (χ0n) is 17.0. The van der Waals surface area contributed by atoms with Gasteiger partial charge in [-0.3, -0.25) is 9.61 Å². The molecule has 0 aliphatic heterocycles. The highest BCUT2D eigenvalue weighted by molar-refractivity contribution is 9.10. The van der Waals surface area contributed by atoms with E-state index in [0.717, 1.165) is 10.0 Å². The Balaban J connectivity index is 1.51. The van der Waals surface area contributed by atoms with Crippen molar-refractivity contribution in [2.75, 3.05) is 4.72 Å². The molecular weight excluding hydrogens is 494 g/mol. The largest absolute Gasteiger partial charge is 0.343 e. The third-order valence-corrected chi connectivity index (χ3v) is 6.12. The summed E-state index contributed by atoms with van der Waals surface area (Å²) in [6.07, 6.45) is 0.415. The van der Waals surface area contributed by atoms with Gasteiger partial charge in [0.25, 0.3) is 10.0 Å². The number of rotatable bonds is 8. The Morgan fingerprint density at radius 3 is 2.38 bits per heavy atom. The minimum atomic E-state index is -3.78. The molecule has 0 unspecified atom stereocenters. The van der Waals surface area contributed by atoms with E-state index in [1.54, 1.807) is 36.4 Å². The third-order valence-electron chi connectivity index (χ3n) is 4.21. The second kappa shape index (κ2) is 11.5. The van der Waals surface area contributed by atoms with E-state index >= 15 is 0 Å². The Hall–Kier alpha value is -3.12. The summed E-state index contributed by atoms with van der Waals surface area (Å²) in [5.41, 5.74) is 1.73. The van der Waals surface area contributed by atoms with Crippen LogP contribution in [0.2, 0.25) is 0 Å². The molecular formula is C24H20BrNO5S. The molecule has 0 saturated heterocycles. The molecule has 0 aliphatic carbocycles. The highest BCUT2D eigenvalue weighted by atomic mass is 79.9. The van der Waals surface area contributed by atoms with Gasteiger partial charge in [0.05, 0.1) is 17.0 Å². The lowest BCUT2D eigenvalue weighted by atomic mass is 10.2. The topological polar surface area (TPSA) is 81.7 Å². The molecule has 0 radical (unpaired) electrons. The van der Waals surface area contributed by atoms with Gasteiger partial charge in [-0.15, -0.1) is 0 Å². The molecule has 1 N–H and O–H groups in total. The fourth-order valence-electron chi connectivity index (χ4n) is 2.61. The van der Waals surface area contributed by atoms with Gasteiger partial charge in [-0.05, 0) is 42.5 Å². The number of nitrogens with one attached hydrogen (secondary N) is 1. The van der Waals surface area contributed by atoms with Crippen molar-refractivity contribution in [3.8, 4) is 11.8 Å². The van der Waals surface area contributed by atoms with Gasteiger partial charge in [0.15, 0.2) is 0 Å². The Labute approximate surface area is 195 Å². The Bertz CT molecular complexity index is 1220. The van der Waals surface area contributed by atoms with Crippen molar-refractivity contribution < 1.29 is 23.0 Å². The number of anilines is 1. The number of halogens is 1. The standard InChI is InChI=1S/C24H20BrNO5S/c25-21-14-16-22(17-15-21)32(28,29)26-23-12-6-5-11-20(23)18-30-31-24(27)13-7-4-10-19-8-2-1-3-9-19/h1-3,5-6,8-9,11-12,14-17,26H,7,13,18H2. The van der Waals surface area contributed by atoms with E-state index in [2.05, 4.69) is 32.5 Å². The molecule has 0 heterocycles. The number of hydrogen-bond acceptors (Lipinski definition) is 5. The summed E-state index contributed by atoms with van der Waals surface area (Å²) in [6.45, 7) is -0.111. The van der Waals surface area contributed by atoms with E-state index in [9.17, 15) is 13.2 Å². The summed E-state index contributed by atoms with van der Waals surface area (Å²) in [5, 5.41) is 0. The van der Waals surface area contributed by atoms with E-state index in [1.165, 1.54) is 12.1 Å². The maximum Gasteiger partial charge on any atom is 0.343 e. The maximum atomic E-state index is 12.6. The first-order valence-corrected chi connectivity index (χ1v) is 11.9. The summed E-state index contributed by atoms with van der Waals surface area (Å²) in [4.78, 5) is 21.8. The van der Waals surface area contributed by atoms with Gasteiger partial charge in [-0.25, -0.2) is 13.2 Å². The monoisotopic (exact) mass is 513 g/mol. The molecule has 0 atom stereocenters. The predicted molar refractivity (Wildman–Crippen MR) is 125 cm³/mol. The number of hydrogen-bond donors (Lipinski definition) is 1. The second-order valence-corrected chi connectivity index (χ2v) is 9.20. The van der Waals surface area contributed by atoms with Crippen LogP contribution in [0.4, 0.5) is 5.69 Å². The van der Waals surface area contributed by atoms with Crippen LogP contribution in [0.3, 0.4) is 0 Å². The van der Waals surface area contributed by atoms with E-state index in [-0.39, 0.29) is 17.9 Å². The normalized spacial score (nSPS) is 10.7. The molecule has 3 aromatic rings. The van der Waals surface area contributed by atoms with Crippen LogP contribution in [0.5, 0.6) is 0 Å².